The van der Waals surface area contributed by atoms with Crippen LogP contribution in [-0.4, -0.2) is 14.0 Å². The third kappa shape index (κ3) is 5.70. The van der Waals surface area contributed by atoms with Crippen LogP contribution in [0.4, 0.5) is 13.2 Å². The summed E-state index contributed by atoms with van der Waals surface area (Å²) in [6.45, 7) is -1.75. The van der Waals surface area contributed by atoms with Crippen molar-refractivity contribution in [3.63, 3.8) is 0 Å². The Morgan fingerprint density at radius 1 is 0.895 bits per heavy atom. The second kappa shape index (κ2) is 8.48. The summed E-state index contributed by atoms with van der Waals surface area (Å²) in [6, 6.07) is 14.2. The summed E-state index contributed by atoms with van der Waals surface area (Å²) in [5.74, 6) is 0.627. The molecule has 0 aliphatic rings. The fraction of sp³-hybridized carbons (Fsp3) is 0.143. The molecule has 0 bridgehead atoms. The molecule has 0 saturated heterocycles. The SMILES string of the molecule is COc1ccc(Sc2ccc(F)cc2)cc1.FCF. The van der Waals surface area contributed by atoms with Gasteiger partial charge >= 0.3 is 0 Å². The van der Waals surface area contributed by atoms with Gasteiger partial charge in [0, 0.05) is 9.79 Å². The summed E-state index contributed by atoms with van der Waals surface area (Å²) in [5, 5.41) is 0. The highest BCUT2D eigenvalue weighted by Crippen LogP contribution is 2.28. The number of hydrogen-bond donors (Lipinski definition) is 0. The Kier molecular flexibility index (Phi) is 6.89. The molecule has 0 aliphatic heterocycles. The summed E-state index contributed by atoms with van der Waals surface area (Å²) >= 11 is 1.59. The first-order chi connectivity index (χ1) is 9.19. The third-order valence-electron chi connectivity index (χ3n) is 2.11. The van der Waals surface area contributed by atoms with Gasteiger partial charge in [-0.3, -0.25) is 0 Å². The molecule has 2 aromatic rings. The molecule has 0 aromatic heterocycles. The molecule has 0 aliphatic carbocycles. The monoisotopic (exact) mass is 286 g/mol. The van der Waals surface area contributed by atoms with Gasteiger partial charge in [-0.05, 0) is 48.5 Å². The first-order valence-corrected chi connectivity index (χ1v) is 6.20. The van der Waals surface area contributed by atoms with E-state index in [1.54, 1.807) is 31.0 Å². The quantitative estimate of drug-likeness (QED) is 0.796. The summed E-state index contributed by atoms with van der Waals surface area (Å²) in [7, 11) is 1.64. The lowest BCUT2D eigenvalue weighted by atomic mass is 10.3. The average molecular weight is 286 g/mol. The fourth-order valence-electron chi connectivity index (χ4n) is 1.28. The second-order valence-corrected chi connectivity index (χ2v) is 4.48. The Morgan fingerprint density at radius 3 is 1.74 bits per heavy atom. The molecule has 0 saturated carbocycles. The summed E-state index contributed by atoms with van der Waals surface area (Å²) < 4.78 is 37.0. The summed E-state index contributed by atoms with van der Waals surface area (Å²) in [4.78, 5) is 2.12. The smallest absolute Gasteiger partial charge is 0.229 e. The molecule has 19 heavy (non-hydrogen) atoms. The molecule has 0 heterocycles. The third-order valence-corrected chi connectivity index (χ3v) is 3.12. The molecule has 0 radical (unpaired) electrons. The lowest BCUT2D eigenvalue weighted by molar-refractivity contribution is 0.295. The van der Waals surface area contributed by atoms with Crippen molar-refractivity contribution in [3.05, 3.63) is 54.3 Å². The molecule has 0 atom stereocenters. The zero-order chi connectivity index (χ0) is 14.1. The van der Waals surface area contributed by atoms with Gasteiger partial charge in [0.15, 0.2) is 0 Å². The maximum atomic E-state index is 12.7. The predicted octanol–water partition coefficient (Wildman–Crippen LogP) is 4.87. The average Bonchev–Trinajstić information content (AvgIpc) is 2.43. The van der Waals surface area contributed by atoms with Crippen molar-refractivity contribution >= 4 is 11.8 Å². The topological polar surface area (TPSA) is 9.23 Å². The van der Waals surface area contributed by atoms with Crippen LogP contribution in [0.3, 0.4) is 0 Å². The van der Waals surface area contributed by atoms with E-state index in [4.69, 9.17) is 4.74 Å². The van der Waals surface area contributed by atoms with E-state index in [-0.39, 0.29) is 5.82 Å². The molecule has 0 spiro atoms. The van der Waals surface area contributed by atoms with Crippen LogP contribution < -0.4 is 4.74 Å². The zero-order valence-electron chi connectivity index (χ0n) is 10.3. The molecule has 0 N–H and O–H groups in total. The molecular formula is C14H13F3OS. The highest BCUT2D eigenvalue weighted by molar-refractivity contribution is 7.99. The summed E-state index contributed by atoms with van der Waals surface area (Å²) in [5.41, 5.74) is 0. The van der Waals surface area contributed by atoms with Gasteiger partial charge in [-0.25, -0.2) is 13.2 Å². The highest BCUT2D eigenvalue weighted by atomic mass is 32.2. The number of ether oxygens (including phenoxy) is 1. The molecule has 0 amide bonds. The minimum absolute atomic E-state index is 0.209. The van der Waals surface area contributed by atoms with E-state index >= 15 is 0 Å². The van der Waals surface area contributed by atoms with Crippen molar-refractivity contribution in [1.82, 2.24) is 0 Å². The lowest BCUT2D eigenvalue weighted by Crippen LogP contribution is -1.81. The largest absolute Gasteiger partial charge is 0.497 e. The maximum Gasteiger partial charge on any atom is 0.229 e. The Hall–Kier alpha value is -1.62. The number of alkyl halides is 2. The van der Waals surface area contributed by atoms with E-state index in [1.807, 2.05) is 24.3 Å². The fourth-order valence-corrected chi connectivity index (χ4v) is 2.10. The molecule has 0 unspecified atom stereocenters. The molecule has 102 valence electrons. The number of rotatable bonds is 3. The number of hydrogen-bond acceptors (Lipinski definition) is 2. The molecular weight excluding hydrogens is 273 g/mol. The van der Waals surface area contributed by atoms with Crippen LogP contribution >= 0.6 is 11.8 Å². The van der Waals surface area contributed by atoms with Crippen LogP contribution in [-0.2, 0) is 0 Å². The van der Waals surface area contributed by atoms with Crippen molar-refractivity contribution in [3.8, 4) is 5.75 Å². The van der Waals surface area contributed by atoms with Crippen molar-refractivity contribution in [2.45, 2.75) is 9.79 Å². The Balaban J connectivity index is 0.000000550. The Morgan fingerprint density at radius 2 is 1.32 bits per heavy atom. The van der Waals surface area contributed by atoms with E-state index in [2.05, 4.69) is 0 Å². The Bertz CT molecular complexity index is 471. The standard InChI is InChI=1S/C13H11FOS.CH2F2/c1-15-11-4-8-13(9-5-11)16-12-6-2-10(14)3-7-12;2-1-3/h2-9H,1H3;1H2. The van der Waals surface area contributed by atoms with E-state index < -0.39 is 6.93 Å². The minimum atomic E-state index is -1.75. The minimum Gasteiger partial charge on any atom is -0.497 e. The predicted molar refractivity (Wildman–Crippen MR) is 70.6 cm³/mol. The summed E-state index contributed by atoms with van der Waals surface area (Å²) in [6.07, 6.45) is 0. The molecule has 2 aromatic carbocycles. The van der Waals surface area contributed by atoms with Crippen molar-refractivity contribution < 1.29 is 17.9 Å². The maximum absolute atomic E-state index is 12.7. The first-order valence-electron chi connectivity index (χ1n) is 5.39. The van der Waals surface area contributed by atoms with Crippen LogP contribution in [0.15, 0.2) is 58.3 Å². The zero-order valence-corrected chi connectivity index (χ0v) is 11.1. The van der Waals surface area contributed by atoms with Gasteiger partial charge in [-0.1, -0.05) is 11.8 Å². The van der Waals surface area contributed by atoms with Crippen molar-refractivity contribution in [2.75, 3.05) is 14.0 Å². The number of methoxy groups -OCH3 is 1. The van der Waals surface area contributed by atoms with Crippen LogP contribution in [0.25, 0.3) is 0 Å². The molecule has 2 rings (SSSR count). The lowest BCUT2D eigenvalue weighted by Gasteiger charge is -2.03. The van der Waals surface area contributed by atoms with Gasteiger partial charge in [-0.2, -0.15) is 0 Å². The highest BCUT2D eigenvalue weighted by Gasteiger charge is 1.98. The van der Waals surface area contributed by atoms with Gasteiger partial charge in [0.1, 0.15) is 11.6 Å². The first kappa shape index (κ1) is 15.4. The van der Waals surface area contributed by atoms with Crippen LogP contribution in [0.5, 0.6) is 5.75 Å². The van der Waals surface area contributed by atoms with Gasteiger partial charge in [0.25, 0.3) is 0 Å². The molecule has 1 nitrogen and oxygen atoms in total. The van der Waals surface area contributed by atoms with Crippen LogP contribution in [0.1, 0.15) is 0 Å². The Labute approximate surface area is 114 Å². The van der Waals surface area contributed by atoms with Crippen molar-refractivity contribution in [1.29, 1.82) is 0 Å². The van der Waals surface area contributed by atoms with E-state index in [9.17, 15) is 13.2 Å². The van der Waals surface area contributed by atoms with E-state index in [0.717, 1.165) is 15.5 Å². The normalized spacial score (nSPS) is 9.47. The molecule has 0 fully saturated rings. The molecule has 5 heteroatoms. The number of benzene rings is 2. The van der Waals surface area contributed by atoms with Gasteiger partial charge in [-0.15, -0.1) is 0 Å². The van der Waals surface area contributed by atoms with Gasteiger partial charge in [0.05, 0.1) is 7.11 Å². The number of halogens is 3. The van der Waals surface area contributed by atoms with Gasteiger partial charge in [0.2, 0.25) is 6.93 Å². The van der Waals surface area contributed by atoms with E-state index in [1.165, 1.54) is 12.1 Å². The second-order valence-electron chi connectivity index (χ2n) is 3.33. The van der Waals surface area contributed by atoms with E-state index in [0.29, 0.717) is 0 Å². The van der Waals surface area contributed by atoms with Crippen molar-refractivity contribution in [2.24, 2.45) is 0 Å². The van der Waals surface area contributed by atoms with Crippen LogP contribution in [0.2, 0.25) is 0 Å². The van der Waals surface area contributed by atoms with Crippen LogP contribution in [0, 0.1) is 5.82 Å². The van der Waals surface area contributed by atoms with Gasteiger partial charge < -0.3 is 4.74 Å².